The van der Waals surface area contributed by atoms with E-state index in [0.29, 0.717) is 12.1 Å². The molecule has 0 unspecified atom stereocenters. The van der Waals surface area contributed by atoms with Gasteiger partial charge in [0.05, 0.1) is 5.75 Å². The second-order valence-electron chi connectivity index (χ2n) is 2.83. The van der Waals surface area contributed by atoms with Crippen molar-refractivity contribution in [3.63, 3.8) is 0 Å². The third-order valence-corrected chi connectivity index (χ3v) is 2.36. The first-order valence-corrected chi connectivity index (χ1v) is 5.51. The van der Waals surface area contributed by atoms with Crippen LogP contribution in [0.4, 0.5) is 0 Å². The minimum atomic E-state index is -3.43. The quantitative estimate of drug-likeness (QED) is 0.583. The van der Waals surface area contributed by atoms with Crippen LogP contribution in [0.25, 0.3) is 0 Å². The molecule has 14 heavy (non-hydrogen) atoms. The molecule has 0 heterocycles. The zero-order valence-corrected chi connectivity index (χ0v) is 9.05. The van der Waals surface area contributed by atoms with Gasteiger partial charge in [-0.3, -0.25) is 0 Å². The minimum absolute atomic E-state index is 0. The van der Waals surface area contributed by atoms with Crippen LogP contribution >= 0.6 is 0 Å². The van der Waals surface area contributed by atoms with Gasteiger partial charge in [-0.25, -0.2) is 13.6 Å². The highest BCUT2D eigenvalue weighted by Crippen LogP contribution is 2.05. The predicted octanol–water partition coefficient (Wildman–Crippen LogP) is -3.06. The van der Waals surface area contributed by atoms with Gasteiger partial charge in [0.25, 0.3) is 0 Å². The fraction of sp³-hybridized carbons (Fsp3) is 0.250. The number of rotatable bonds is 3. The van der Waals surface area contributed by atoms with E-state index in [4.69, 9.17) is 10.9 Å². The van der Waals surface area contributed by atoms with Gasteiger partial charge in [0.2, 0.25) is 10.0 Å². The van der Waals surface area contributed by atoms with Gasteiger partial charge >= 0.3 is 0 Å². The average Bonchev–Trinajstić information content (AvgIpc) is 2.03. The van der Waals surface area contributed by atoms with E-state index in [1.54, 1.807) is 24.3 Å². The van der Waals surface area contributed by atoms with Crippen molar-refractivity contribution in [3.8, 4) is 0 Å². The van der Waals surface area contributed by atoms with E-state index < -0.39 is 10.0 Å². The van der Waals surface area contributed by atoms with Crippen molar-refractivity contribution in [2.45, 2.75) is 12.3 Å². The molecule has 0 aromatic heterocycles. The van der Waals surface area contributed by atoms with Crippen LogP contribution in [-0.4, -0.2) is 8.42 Å². The van der Waals surface area contributed by atoms with Crippen LogP contribution in [-0.2, 0) is 22.3 Å². The van der Waals surface area contributed by atoms with Crippen molar-refractivity contribution >= 4 is 10.0 Å². The molecule has 0 aliphatic carbocycles. The van der Waals surface area contributed by atoms with Gasteiger partial charge in [-0.2, -0.15) is 0 Å². The molecular weight excluding hydrogens is 224 g/mol. The van der Waals surface area contributed by atoms with Crippen molar-refractivity contribution < 1.29 is 20.8 Å². The summed E-state index contributed by atoms with van der Waals surface area (Å²) in [5, 5.41) is 4.89. The normalized spacial score (nSPS) is 10.7. The number of hydrogen-bond acceptors (Lipinski definition) is 3. The van der Waals surface area contributed by atoms with Crippen LogP contribution in [0.5, 0.6) is 0 Å². The van der Waals surface area contributed by atoms with E-state index >= 15 is 0 Å². The van der Waals surface area contributed by atoms with Crippen LogP contribution in [0.1, 0.15) is 11.1 Å². The van der Waals surface area contributed by atoms with Crippen LogP contribution in [0, 0.1) is 0 Å². The lowest BCUT2D eigenvalue weighted by atomic mass is 10.1. The van der Waals surface area contributed by atoms with Gasteiger partial charge in [-0.15, -0.1) is 0 Å². The van der Waals surface area contributed by atoms with Crippen LogP contribution in [0.15, 0.2) is 24.3 Å². The molecule has 4 N–H and O–H groups in total. The number of hydrogen-bond donors (Lipinski definition) is 2. The maximum atomic E-state index is 10.7. The van der Waals surface area contributed by atoms with Crippen LogP contribution in [0.3, 0.4) is 0 Å². The van der Waals surface area contributed by atoms with E-state index in [-0.39, 0.29) is 18.2 Å². The lowest BCUT2D eigenvalue weighted by Crippen LogP contribution is -3.00. The average molecular weight is 236 g/mol. The van der Waals surface area contributed by atoms with Gasteiger partial charge in [-0.05, 0) is 11.1 Å². The zero-order valence-electron chi connectivity index (χ0n) is 7.48. The zero-order chi connectivity index (χ0) is 9.90. The molecular formula is C8H12ClN2O2S-. The Morgan fingerprint density at radius 3 is 1.86 bits per heavy atom. The van der Waals surface area contributed by atoms with Gasteiger partial charge in [0.15, 0.2) is 0 Å². The Labute approximate surface area is 89.8 Å². The van der Waals surface area contributed by atoms with Gasteiger partial charge in [0.1, 0.15) is 0 Å². The van der Waals surface area contributed by atoms with Gasteiger partial charge in [-0.1, -0.05) is 24.3 Å². The molecule has 0 amide bonds. The van der Waals surface area contributed by atoms with Crippen molar-refractivity contribution in [3.05, 3.63) is 35.4 Å². The Balaban J connectivity index is 0.00000169. The molecule has 80 valence electrons. The fourth-order valence-electron chi connectivity index (χ4n) is 1.00. The monoisotopic (exact) mass is 235 g/mol. The van der Waals surface area contributed by atoms with E-state index in [0.717, 1.165) is 5.56 Å². The van der Waals surface area contributed by atoms with E-state index in [1.807, 2.05) is 0 Å². The topological polar surface area (TPSA) is 86.2 Å². The summed E-state index contributed by atoms with van der Waals surface area (Å²) in [6.07, 6.45) is 0. The van der Waals surface area contributed by atoms with Gasteiger partial charge in [0, 0.05) is 6.54 Å². The first kappa shape index (κ1) is 13.4. The molecule has 0 bridgehead atoms. The molecule has 0 aliphatic heterocycles. The molecule has 0 atom stereocenters. The molecule has 0 saturated heterocycles. The Hall–Kier alpha value is -0.620. The highest BCUT2D eigenvalue weighted by atomic mass is 35.5. The molecule has 6 heteroatoms. The summed E-state index contributed by atoms with van der Waals surface area (Å²) in [5.74, 6) is -0.127. The van der Waals surface area contributed by atoms with Crippen molar-refractivity contribution in [1.29, 1.82) is 0 Å². The molecule has 4 nitrogen and oxygen atoms in total. The number of halogens is 1. The maximum Gasteiger partial charge on any atom is 0.213 e. The first-order chi connectivity index (χ1) is 6.01. The molecule has 1 aromatic rings. The summed E-state index contributed by atoms with van der Waals surface area (Å²) in [6.45, 7) is 0.454. The summed E-state index contributed by atoms with van der Waals surface area (Å²) in [4.78, 5) is 0. The van der Waals surface area contributed by atoms with E-state index in [2.05, 4.69) is 0 Å². The van der Waals surface area contributed by atoms with Crippen molar-refractivity contribution in [2.75, 3.05) is 0 Å². The summed E-state index contributed by atoms with van der Waals surface area (Å²) in [6, 6.07) is 7.01. The Bertz CT molecular complexity index is 375. The summed E-state index contributed by atoms with van der Waals surface area (Å²) < 4.78 is 21.4. The van der Waals surface area contributed by atoms with E-state index in [9.17, 15) is 8.42 Å². The number of benzene rings is 1. The molecule has 1 aromatic carbocycles. The lowest BCUT2D eigenvalue weighted by Gasteiger charge is -2.00. The Kier molecular flexibility index (Phi) is 5.07. The SMILES string of the molecule is NCc1ccc(CS(N)(=O)=O)cc1.[Cl-]. The van der Waals surface area contributed by atoms with Crippen LogP contribution in [0.2, 0.25) is 0 Å². The predicted molar refractivity (Wildman–Crippen MR) is 51.1 cm³/mol. The smallest absolute Gasteiger partial charge is 0.213 e. The minimum Gasteiger partial charge on any atom is -1.00 e. The highest BCUT2D eigenvalue weighted by Gasteiger charge is 2.03. The van der Waals surface area contributed by atoms with Gasteiger partial charge < -0.3 is 18.1 Å². The van der Waals surface area contributed by atoms with Crippen LogP contribution < -0.4 is 23.3 Å². The number of primary sulfonamides is 1. The second-order valence-corrected chi connectivity index (χ2v) is 4.44. The third-order valence-electron chi connectivity index (χ3n) is 1.63. The van der Waals surface area contributed by atoms with E-state index in [1.165, 1.54) is 0 Å². The fourth-order valence-corrected chi connectivity index (χ4v) is 1.66. The summed E-state index contributed by atoms with van der Waals surface area (Å²) in [5.41, 5.74) is 7.04. The second kappa shape index (κ2) is 5.31. The number of nitrogens with two attached hydrogens (primary N) is 2. The number of sulfonamides is 1. The molecule has 0 radical (unpaired) electrons. The summed E-state index contributed by atoms with van der Waals surface area (Å²) >= 11 is 0. The Morgan fingerprint density at radius 1 is 1.07 bits per heavy atom. The maximum absolute atomic E-state index is 10.7. The first-order valence-electron chi connectivity index (χ1n) is 3.79. The summed E-state index contributed by atoms with van der Waals surface area (Å²) in [7, 11) is -3.43. The molecule has 1 rings (SSSR count). The highest BCUT2D eigenvalue weighted by molar-refractivity contribution is 7.88. The molecule has 0 fully saturated rings. The molecule has 0 aliphatic rings. The van der Waals surface area contributed by atoms with Crippen molar-refractivity contribution in [1.82, 2.24) is 0 Å². The Morgan fingerprint density at radius 2 is 1.50 bits per heavy atom. The molecule has 0 saturated carbocycles. The lowest BCUT2D eigenvalue weighted by molar-refractivity contribution is -0.00000552. The molecule has 0 spiro atoms. The third kappa shape index (κ3) is 4.57. The largest absolute Gasteiger partial charge is 1.00 e. The standard InChI is InChI=1S/C8H12N2O2S.ClH/c9-5-7-1-3-8(4-2-7)6-13(10,11)12;/h1-4H,5-6,9H2,(H2,10,11,12);1H/p-1. The van der Waals surface area contributed by atoms with Crippen molar-refractivity contribution in [2.24, 2.45) is 10.9 Å².